The first-order valence-corrected chi connectivity index (χ1v) is 9.37. The van der Waals surface area contributed by atoms with Crippen molar-refractivity contribution in [1.29, 1.82) is 0 Å². The third-order valence-corrected chi connectivity index (χ3v) is 5.39. The van der Waals surface area contributed by atoms with Crippen molar-refractivity contribution in [3.8, 4) is 11.4 Å². The fraction of sp³-hybridized carbons (Fsp3) is 0.400. The molecule has 1 aromatic heterocycles. The molecule has 0 saturated heterocycles. The topological polar surface area (TPSA) is 85.8 Å². The van der Waals surface area contributed by atoms with E-state index in [1.165, 1.54) is 29.3 Å². The molecule has 3 rings (SSSR count). The lowest BCUT2D eigenvalue weighted by atomic mass is 10.2. The Hall–Kier alpha value is -1.44. The van der Waals surface area contributed by atoms with Crippen LogP contribution in [0.4, 0.5) is 0 Å². The first kappa shape index (κ1) is 17.4. The number of aromatic nitrogens is 3. The molecule has 128 valence electrons. The highest BCUT2D eigenvalue weighted by atomic mass is 35.5. The van der Waals surface area contributed by atoms with Gasteiger partial charge in [0.15, 0.2) is 5.82 Å². The van der Waals surface area contributed by atoms with Crippen LogP contribution >= 0.6 is 35.0 Å². The number of nitrogens with two attached hydrogens (primary N) is 1. The molecule has 9 heteroatoms. The largest absolute Gasteiger partial charge is 0.353 e. The summed E-state index contributed by atoms with van der Waals surface area (Å²) in [5.41, 5.74) is 0.599. The van der Waals surface area contributed by atoms with Crippen molar-refractivity contribution < 1.29 is 4.79 Å². The van der Waals surface area contributed by atoms with Gasteiger partial charge in [0.1, 0.15) is 0 Å². The molecule has 1 saturated carbocycles. The molecular formula is C15H17Cl2N5OS. The maximum absolute atomic E-state index is 12.0. The van der Waals surface area contributed by atoms with Gasteiger partial charge >= 0.3 is 0 Å². The van der Waals surface area contributed by atoms with E-state index >= 15 is 0 Å². The average molecular weight is 386 g/mol. The molecule has 2 aromatic rings. The van der Waals surface area contributed by atoms with Crippen LogP contribution in [0.25, 0.3) is 11.4 Å². The van der Waals surface area contributed by atoms with Crippen LogP contribution in [-0.2, 0) is 4.79 Å². The highest BCUT2D eigenvalue weighted by Crippen LogP contribution is 2.30. The molecule has 24 heavy (non-hydrogen) atoms. The van der Waals surface area contributed by atoms with E-state index in [0.29, 0.717) is 32.6 Å². The number of nitrogen functional groups attached to an aromatic ring is 1. The fourth-order valence-corrected chi connectivity index (χ4v) is 3.74. The van der Waals surface area contributed by atoms with Gasteiger partial charge in [-0.1, -0.05) is 47.8 Å². The number of nitrogens with zero attached hydrogens (tertiary/aromatic N) is 3. The standard InChI is InChI=1S/C15H17Cl2N5OS/c16-9-5-6-12(17)11(7-9)14-20-21-15(22(14)18)24-8-13(23)19-10-3-1-2-4-10/h5-7,10H,1-4,8,18H2,(H,19,23). The van der Waals surface area contributed by atoms with Gasteiger partial charge in [-0.15, -0.1) is 10.2 Å². The van der Waals surface area contributed by atoms with Crippen molar-refractivity contribution in [3.05, 3.63) is 28.2 Å². The molecule has 0 bridgehead atoms. The molecule has 1 heterocycles. The molecule has 1 aromatic carbocycles. The molecule has 1 aliphatic carbocycles. The second-order valence-electron chi connectivity index (χ2n) is 5.64. The van der Waals surface area contributed by atoms with Gasteiger partial charge in [0.25, 0.3) is 0 Å². The van der Waals surface area contributed by atoms with Crippen LogP contribution in [0.3, 0.4) is 0 Å². The number of rotatable bonds is 5. The normalized spacial score (nSPS) is 14.9. The van der Waals surface area contributed by atoms with E-state index in [1.807, 2.05) is 0 Å². The number of nitrogens with one attached hydrogen (secondary N) is 1. The monoisotopic (exact) mass is 385 g/mol. The number of hydrogen-bond acceptors (Lipinski definition) is 5. The summed E-state index contributed by atoms with van der Waals surface area (Å²) in [6.07, 6.45) is 4.47. The van der Waals surface area contributed by atoms with E-state index in [2.05, 4.69) is 15.5 Å². The third kappa shape index (κ3) is 3.96. The van der Waals surface area contributed by atoms with Gasteiger partial charge in [0.05, 0.1) is 10.8 Å². The number of halogens is 2. The Morgan fingerprint density at radius 1 is 1.33 bits per heavy atom. The summed E-state index contributed by atoms with van der Waals surface area (Å²) in [5, 5.41) is 12.6. The zero-order valence-corrected chi connectivity index (χ0v) is 15.2. The van der Waals surface area contributed by atoms with Crippen LogP contribution in [0.1, 0.15) is 25.7 Å². The highest BCUT2D eigenvalue weighted by molar-refractivity contribution is 7.99. The smallest absolute Gasteiger partial charge is 0.230 e. The van der Waals surface area contributed by atoms with E-state index in [9.17, 15) is 4.79 Å². The molecule has 1 aliphatic rings. The van der Waals surface area contributed by atoms with E-state index in [4.69, 9.17) is 29.0 Å². The molecule has 0 unspecified atom stereocenters. The maximum Gasteiger partial charge on any atom is 0.230 e. The lowest BCUT2D eigenvalue weighted by Gasteiger charge is -2.11. The summed E-state index contributed by atoms with van der Waals surface area (Å²) in [4.78, 5) is 12.0. The summed E-state index contributed by atoms with van der Waals surface area (Å²) in [7, 11) is 0. The average Bonchev–Trinajstić information content (AvgIpc) is 3.18. The number of carbonyl (C=O) groups is 1. The minimum absolute atomic E-state index is 0.0164. The van der Waals surface area contributed by atoms with Crippen LogP contribution in [0, 0.1) is 0 Å². The Bertz CT molecular complexity index is 745. The number of amides is 1. The lowest BCUT2D eigenvalue weighted by Crippen LogP contribution is -2.34. The quantitative estimate of drug-likeness (QED) is 0.609. The van der Waals surface area contributed by atoms with Gasteiger partial charge in [0, 0.05) is 16.6 Å². The fourth-order valence-electron chi connectivity index (χ4n) is 2.70. The molecule has 3 N–H and O–H groups in total. The number of hydrogen-bond donors (Lipinski definition) is 2. The zero-order chi connectivity index (χ0) is 17.1. The van der Waals surface area contributed by atoms with Crippen molar-refractivity contribution >= 4 is 40.9 Å². The van der Waals surface area contributed by atoms with Crippen LogP contribution in [-0.4, -0.2) is 32.6 Å². The molecular weight excluding hydrogens is 369 g/mol. The van der Waals surface area contributed by atoms with Gasteiger partial charge in [-0.3, -0.25) is 4.79 Å². The predicted octanol–water partition coefficient (Wildman–Crippen LogP) is 3.12. The minimum Gasteiger partial charge on any atom is -0.353 e. The molecule has 1 fully saturated rings. The van der Waals surface area contributed by atoms with Crippen molar-refractivity contribution in [2.24, 2.45) is 0 Å². The number of thioether (sulfide) groups is 1. The van der Waals surface area contributed by atoms with Gasteiger partial charge < -0.3 is 11.2 Å². The molecule has 0 aliphatic heterocycles. The van der Waals surface area contributed by atoms with E-state index < -0.39 is 0 Å². The van der Waals surface area contributed by atoms with Gasteiger partial charge in [-0.25, -0.2) is 4.68 Å². The maximum atomic E-state index is 12.0. The zero-order valence-electron chi connectivity index (χ0n) is 12.8. The van der Waals surface area contributed by atoms with E-state index in [-0.39, 0.29) is 11.7 Å². The predicted molar refractivity (Wildman–Crippen MR) is 96.8 cm³/mol. The van der Waals surface area contributed by atoms with Gasteiger partial charge in [-0.2, -0.15) is 0 Å². The first-order valence-electron chi connectivity index (χ1n) is 7.62. The summed E-state index contributed by atoms with van der Waals surface area (Å²) < 4.78 is 1.32. The lowest BCUT2D eigenvalue weighted by molar-refractivity contribution is -0.119. The Morgan fingerprint density at radius 2 is 2.08 bits per heavy atom. The third-order valence-electron chi connectivity index (χ3n) is 3.89. The van der Waals surface area contributed by atoms with Crippen LogP contribution < -0.4 is 11.2 Å². The highest BCUT2D eigenvalue weighted by Gasteiger charge is 2.19. The summed E-state index contributed by atoms with van der Waals surface area (Å²) >= 11 is 13.4. The molecule has 1 amide bonds. The summed E-state index contributed by atoms with van der Waals surface area (Å²) in [5.74, 6) is 6.67. The van der Waals surface area contributed by atoms with Crippen molar-refractivity contribution in [3.63, 3.8) is 0 Å². The summed E-state index contributed by atoms with van der Waals surface area (Å²) in [6.45, 7) is 0. The van der Waals surface area contributed by atoms with Crippen LogP contribution in [0.5, 0.6) is 0 Å². The number of benzene rings is 1. The minimum atomic E-state index is -0.0164. The van der Waals surface area contributed by atoms with Crippen molar-refractivity contribution in [2.75, 3.05) is 11.6 Å². The van der Waals surface area contributed by atoms with Crippen molar-refractivity contribution in [2.45, 2.75) is 36.9 Å². The van der Waals surface area contributed by atoms with Crippen LogP contribution in [0.15, 0.2) is 23.4 Å². The Balaban J connectivity index is 1.66. The summed E-state index contributed by atoms with van der Waals surface area (Å²) in [6, 6.07) is 5.34. The van der Waals surface area contributed by atoms with Crippen molar-refractivity contribution in [1.82, 2.24) is 20.2 Å². The van der Waals surface area contributed by atoms with Gasteiger partial charge in [0.2, 0.25) is 11.1 Å². The van der Waals surface area contributed by atoms with Gasteiger partial charge in [-0.05, 0) is 31.0 Å². The Morgan fingerprint density at radius 3 is 2.83 bits per heavy atom. The Labute approximate surface area is 154 Å². The van der Waals surface area contributed by atoms with Crippen LogP contribution in [0.2, 0.25) is 10.0 Å². The second kappa shape index (κ2) is 7.63. The van der Waals surface area contributed by atoms with E-state index in [0.717, 1.165) is 12.8 Å². The molecule has 0 radical (unpaired) electrons. The number of carbonyl (C=O) groups excluding carboxylic acids is 1. The first-order chi connectivity index (χ1) is 11.5. The molecule has 6 nitrogen and oxygen atoms in total. The molecule has 0 spiro atoms. The Kier molecular flexibility index (Phi) is 5.53. The second-order valence-corrected chi connectivity index (χ2v) is 7.42. The van der Waals surface area contributed by atoms with E-state index in [1.54, 1.807) is 18.2 Å². The molecule has 0 atom stereocenters. The SMILES string of the molecule is Nn1c(SCC(=O)NC2CCCC2)nnc1-c1cc(Cl)ccc1Cl.